The average molecular weight is 284 g/mol. The largest absolute Gasteiger partial charge is 0.395 e. The van der Waals surface area contributed by atoms with Crippen LogP contribution in [0.5, 0.6) is 0 Å². The second-order valence-electron chi connectivity index (χ2n) is 6.53. The zero-order chi connectivity index (χ0) is 15.0. The molecule has 0 radical (unpaired) electrons. The smallest absolute Gasteiger partial charge is 0.0558 e. The van der Waals surface area contributed by atoms with Gasteiger partial charge in [0.05, 0.1) is 6.61 Å². The molecular formula is C17H36N2O. The summed E-state index contributed by atoms with van der Waals surface area (Å²) in [7, 11) is 0. The third-order valence-corrected chi connectivity index (χ3v) is 5.23. The molecule has 0 saturated heterocycles. The number of aliphatic hydroxyl groups is 1. The zero-order valence-electron chi connectivity index (χ0n) is 14.1. The predicted octanol–water partition coefficient (Wildman–Crippen LogP) is 3.03. The minimum atomic E-state index is 0.274. The summed E-state index contributed by atoms with van der Waals surface area (Å²) in [5, 5.41) is 13.1. The van der Waals surface area contributed by atoms with Crippen molar-refractivity contribution >= 4 is 0 Å². The van der Waals surface area contributed by atoms with E-state index in [-0.39, 0.29) is 6.61 Å². The summed E-state index contributed by atoms with van der Waals surface area (Å²) in [6.07, 6.45) is 7.50. The maximum absolute atomic E-state index is 9.39. The molecule has 0 bridgehead atoms. The van der Waals surface area contributed by atoms with Gasteiger partial charge < -0.3 is 10.4 Å². The molecular weight excluding hydrogens is 248 g/mol. The van der Waals surface area contributed by atoms with E-state index in [1.54, 1.807) is 0 Å². The Hall–Kier alpha value is -0.120. The van der Waals surface area contributed by atoms with Crippen molar-refractivity contribution in [1.82, 2.24) is 10.2 Å². The van der Waals surface area contributed by atoms with Crippen molar-refractivity contribution < 1.29 is 5.11 Å². The molecule has 3 nitrogen and oxygen atoms in total. The molecule has 1 saturated carbocycles. The maximum Gasteiger partial charge on any atom is 0.0558 e. The second kappa shape index (κ2) is 9.01. The molecule has 1 fully saturated rings. The molecule has 0 aromatic rings. The van der Waals surface area contributed by atoms with Gasteiger partial charge in [-0.1, -0.05) is 27.7 Å². The highest BCUT2D eigenvalue weighted by Crippen LogP contribution is 2.30. The summed E-state index contributed by atoms with van der Waals surface area (Å²) in [5.74, 6) is 0. The summed E-state index contributed by atoms with van der Waals surface area (Å²) >= 11 is 0. The maximum atomic E-state index is 9.39. The third-order valence-electron chi connectivity index (χ3n) is 5.23. The molecule has 1 aliphatic rings. The van der Waals surface area contributed by atoms with Gasteiger partial charge in [0.1, 0.15) is 0 Å². The Bertz CT molecular complexity index is 245. The minimum Gasteiger partial charge on any atom is -0.395 e. The zero-order valence-corrected chi connectivity index (χ0v) is 14.1. The SMILES string of the molecule is CCC(CC)N(CCO)CC(CC)(CC)CNC1CC1. The van der Waals surface area contributed by atoms with Gasteiger partial charge in [0.15, 0.2) is 0 Å². The van der Waals surface area contributed by atoms with E-state index in [0.29, 0.717) is 11.5 Å². The van der Waals surface area contributed by atoms with Gasteiger partial charge >= 0.3 is 0 Å². The lowest BCUT2D eigenvalue weighted by Gasteiger charge is -2.40. The highest BCUT2D eigenvalue weighted by atomic mass is 16.3. The Morgan fingerprint density at radius 2 is 1.75 bits per heavy atom. The molecule has 1 aliphatic carbocycles. The van der Waals surface area contributed by atoms with Crippen molar-refractivity contribution in [2.75, 3.05) is 26.2 Å². The second-order valence-corrected chi connectivity index (χ2v) is 6.53. The molecule has 3 heteroatoms. The number of hydrogen-bond acceptors (Lipinski definition) is 3. The van der Waals surface area contributed by atoms with E-state index >= 15 is 0 Å². The van der Waals surface area contributed by atoms with Gasteiger partial charge in [0.25, 0.3) is 0 Å². The van der Waals surface area contributed by atoms with Crippen molar-refractivity contribution in [2.45, 2.75) is 78.3 Å². The summed E-state index contributed by atoms with van der Waals surface area (Å²) in [5.41, 5.74) is 0.361. The van der Waals surface area contributed by atoms with Crippen LogP contribution in [0.15, 0.2) is 0 Å². The fraction of sp³-hybridized carbons (Fsp3) is 1.00. The molecule has 0 spiro atoms. The lowest BCUT2D eigenvalue weighted by atomic mass is 9.81. The van der Waals surface area contributed by atoms with Gasteiger partial charge in [-0.15, -0.1) is 0 Å². The van der Waals surface area contributed by atoms with E-state index in [4.69, 9.17) is 0 Å². The van der Waals surface area contributed by atoms with Crippen LogP contribution in [0.1, 0.15) is 66.2 Å². The quantitative estimate of drug-likeness (QED) is 0.578. The number of nitrogens with one attached hydrogen (secondary N) is 1. The first kappa shape index (κ1) is 17.9. The number of rotatable bonds is 12. The normalized spacial score (nSPS) is 16.4. The summed E-state index contributed by atoms with van der Waals surface area (Å²) in [4.78, 5) is 2.53. The molecule has 0 atom stereocenters. The van der Waals surface area contributed by atoms with Gasteiger partial charge in [-0.25, -0.2) is 0 Å². The van der Waals surface area contributed by atoms with Crippen LogP contribution in [0.25, 0.3) is 0 Å². The Morgan fingerprint density at radius 1 is 1.15 bits per heavy atom. The van der Waals surface area contributed by atoms with Crippen LogP contribution in [-0.2, 0) is 0 Å². The van der Waals surface area contributed by atoms with Crippen molar-refractivity contribution in [3.8, 4) is 0 Å². The van der Waals surface area contributed by atoms with E-state index in [1.807, 2.05) is 0 Å². The molecule has 1 rings (SSSR count). The lowest BCUT2D eigenvalue weighted by molar-refractivity contribution is 0.0755. The first-order chi connectivity index (χ1) is 9.64. The van der Waals surface area contributed by atoms with E-state index in [1.165, 1.54) is 38.5 Å². The lowest BCUT2D eigenvalue weighted by Crippen LogP contribution is -2.48. The third kappa shape index (κ3) is 5.34. The van der Waals surface area contributed by atoms with Gasteiger partial charge in [-0.05, 0) is 43.9 Å². The van der Waals surface area contributed by atoms with Crippen LogP contribution in [0.3, 0.4) is 0 Å². The molecule has 20 heavy (non-hydrogen) atoms. The number of hydrogen-bond donors (Lipinski definition) is 2. The van der Waals surface area contributed by atoms with E-state index in [9.17, 15) is 5.11 Å². The van der Waals surface area contributed by atoms with Crippen molar-refractivity contribution in [3.63, 3.8) is 0 Å². The Labute approximate surface area is 126 Å². The van der Waals surface area contributed by atoms with Gasteiger partial charge in [-0.2, -0.15) is 0 Å². The van der Waals surface area contributed by atoms with Gasteiger partial charge in [0.2, 0.25) is 0 Å². The summed E-state index contributed by atoms with van der Waals surface area (Å²) in [6.45, 7) is 12.5. The number of aliphatic hydroxyl groups excluding tert-OH is 1. The highest BCUT2D eigenvalue weighted by Gasteiger charge is 2.32. The fourth-order valence-corrected chi connectivity index (χ4v) is 3.18. The van der Waals surface area contributed by atoms with E-state index in [2.05, 4.69) is 37.9 Å². The molecule has 0 amide bonds. The van der Waals surface area contributed by atoms with E-state index in [0.717, 1.165) is 25.7 Å². The van der Waals surface area contributed by atoms with Crippen LogP contribution in [0.2, 0.25) is 0 Å². The highest BCUT2D eigenvalue weighted by molar-refractivity contribution is 4.89. The Balaban J connectivity index is 2.65. The standard InChI is InChI=1S/C17H36N2O/c1-5-16(6-2)19(11-12-20)14-17(7-3,8-4)13-18-15-9-10-15/h15-16,18,20H,5-14H2,1-4H3. The molecule has 120 valence electrons. The molecule has 0 unspecified atom stereocenters. The summed E-state index contributed by atoms with van der Waals surface area (Å²) in [6, 6.07) is 1.40. The fourth-order valence-electron chi connectivity index (χ4n) is 3.18. The molecule has 0 aromatic carbocycles. The van der Waals surface area contributed by atoms with Crippen molar-refractivity contribution in [3.05, 3.63) is 0 Å². The van der Waals surface area contributed by atoms with Crippen LogP contribution in [0, 0.1) is 5.41 Å². The Morgan fingerprint density at radius 3 is 2.15 bits per heavy atom. The van der Waals surface area contributed by atoms with Gasteiger partial charge in [-0.3, -0.25) is 4.90 Å². The number of nitrogens with zero attached hydrogens (tertiary/aromatic N) is 1. The minimum absolute atomic E-state index is 0.274. The summed E-state index contributed by atoms with van der Waals surface area (Å²) < 4.78 is 0. The van der Waals surface area contributed by atoms with Crippen LogP contribution in [0.4, 0.5) is 0 Å². The van der Waals surface area contributed by atoms with Crippen LogP contribution in [-0.4, -0.2) is 48.3 Å². The monoisotopic (exact) mass is 284 g/mol. The topological polar surface area (TPSA) is 35.5 Å². The Kier molecular flexibility index (Phi) is 8.08. The molecule has 0 aliphatic heterocycles. The molecule has 2 N–H and O–H groups in total. The first-order valence-corrected chi connectivity index (χ1v) is 8.72. The van der Waals surface area contributed by atoms with Gasteiger partial charge in [0, 0.05) is 31.7 Å². The average Bonchev–Trinajstić information content (AvgIpc) is 3.29. The first-order valence-electron chi connectivity index (χ1n) is 8.72. The van der Waals surface area contributed by atoms with Crippen molar-refractivity contribution in [1.29, 1.82) is 0 Å². The van der Waals surface area contributed by atoms with Crippen molar-refractivity contribution in [2.24, 2.45) is 5.41 Å². The van der Waals surface area contributed by atoms with Crippen LogP contribution < -0.4 is 5.32 Å². The predicted molar refractivity (Wildman–Crippen MR) is 87.1 cm³/mol. The molecule has 0 heterocycles. The molecule has 0 aromatic heterocycles. The van der Waals surface area contributed by atoms with E-state index < -0.39 is 0 Å². The van der Waals surface area contributed by atoms with Crippen LogP contribution >= 0.6 is 0 Å².